The van der Waals surface area contributed by atoms with Gasteiger partial charge < -0.3 is 5.32 Å². The van der Waals surface area contributed by atoms with Crippen molar-refractivity contribution in [1.82, 2.24) is 4.98 Å². The SMILES string of the molecule is C[C@H](Nc1ccc2c(c1)C(/C=C/c1ccccn1)=NC2)c1cc(F)cc(F)c1. The molecule has 0 radical (unpaired) electrons. The summed E-state index contributed by atoms with van der Waals surface area (Å²) in [5, 5.41) is 3.31. The van der Waals surface area contributed by atoms with E-state index in [0.717, 1.165) is 34.3 Å². The largest absolute Gasteiger partial charge is 0.378 e. The number of nitrogens with zero attached hydrogens (tertiary/aromatic N) is 2. The predicted molar refractivity (Wildman–Crippen MR) is 108 cm³/mol. The highest BCUT2D eigenvalue weighted by Gasteiger charge is 2.15. The first-order valence-corrected chi connectivity index (χ1v) is 9.08. The first-order chi connectivity index (χ1) is 13.6. The lowest BCUT2D eigenvalue weighted by molar-refractivity contribution is 0.577. The van der Waals surface area contributed by atoms with Gasteiger partial charge in [0.25, 0.3) is 0 Å². The Bertz CT molecular complexity index is 1040. The van der Waals surface area contributed by atoms with Gasteiger partial charge in [0.15, 0.2) is 0 Å². The van der Waals surface area contributed by atoms with Crippen LogP contribution in [0.1, 0.15) is 35.3 Å². The minimum Gasteiger partial charge on any atom is -0.378 e. The number of anilines is 1. The zero-order valence-corrected chi connectivity index (χ0v) is 15.4. The van der Waals surface area contributed by atoms with Gasteiger partial charge in [0.05, 0.1) is 18.0 Å². The second-order valence-electron chi connectivity index (χ2n) is 6.73. The Labute approximate surface area is 162 Å². The molecule has 0 amide bonds. The molecule has 0 unspecified atom stereocenters. The number of aliphatic imine (C=N–C) groups is 1. The van der Waals surface area contributed by atoms with Gasteiger partial charge in [-0.25, -0.2) is 8.78 Å². The fourth-order valence-corrected chi connectivity index (χ4v) is 3.24. The Morgan fingerprint density at radius 1 is 1.00 bits per heavy atom. The van der Waals surface area contributed by atoms with Crippen LogP contribution in [-0.4, -0.2) is 10.7 Å². The molecule has 4 rings (SSSR count). The van der Waals surface area contributed by atoms with E-state index in [-0.39, 0.29) is 6.04 Å². The molecule has 0 fully saturated rings. The standard InChI is InChI=1S/C23H19F2N3/c1-15(17-10-18(24)12-19(25)11-17)28-21-6-5-16-14-27-23(22(16)13-21)8-7-20-4-2-3-9-26-20/h2-13,15,28H,14H2,1H3/b8-7+/t15-/m0/s1. The van der Waals surface area contributed by atoms with Gasteiger partial charge in [0, 0.05) is 29.6 Å². The molecular weight excluding hydrogens is 356 g/mol. The van der Waals surface area contributed by atoms with E-state index in [1.165, 1.54) is 12.1 Å². The maximum Gasteiger partial charge on any atom is 0.126 e. The molecule has 140 valence electrons. The van der Waals surface area contributed by atoms with Gasteiger partial charge in [-0.1, -0.05) is 12.1 Å². The van der Waals surface area contributed by atoms with Crippen molar-refractivity contribution in [2.45, 2.75) is 19.5 Å². The Balaban J connectivity index is 1.54. The first kappa shape index (κ1) is 18.0. The summed E-state index contributed by atoms with van der Waals surface area (Å²) in [6, 6.07) is 15.1. The lowest BCUT2D eigenvalue weighted by Crippen LogP contribution is -2.08. The van der Waals surface area contributed by atoms with E-state index < -0.39 is 11.6 Å². The smallest absolute Gasteiger partial charge is 0.126 e. The number of rotatable bonds is 5. The lowest BCUT2D eigenvalue weighted by atomic mass is 10.0. The van der Waals surface area contributed by atoms with Gasteiger partial charge in [-0.3, -0.25) is 9.98 Å². The minimum absolute atomic E-state index is 0.242. The Kier molecular flexibility index (Phi) is 4.98. The summed E-state index contributed by atoms with van der Waals surface area (Å²) in [5.41, 5.74) is 5.40. The molecule has 2 aromatic carbocycles. The third-order valence-corrected chi connectivity index (χ3v) is 4.67. The second kappa shape index (κ2) is 7.72. The highest BCUT2D eigenvalue weighted by Crippen LogP contribution is 2.27. The zero-order valence-electron chi connectivity index (χ0n) is 15.4. The molecule has 1 atom stereocenters. The fraction of sp³-hybridized carbons (Fsp3) is 0.130. The van der Waals surface area contributed by atoms with Crippen LogP contribution >= 0.6 is 0 Å². The summed E-state index contributed by atoms with van der Waals surface area (Å²) >= 11 is 0. The maximum atomic E-state index is 13.5. The molecule has 2 heterocycles. The fourth-order valence-electron chi connectivity index (χ4n) is 3.24. The monoisotopic (exact) mass is 375 g/mol. The Morgan fingerprint density at radius 2 is 1.82 bits per heavy atom. The van der Waals surface area contributed by atoms with Gasteiger partial charge in [-0.2, -0.15) is 0 Å². The molecule has 1 N–H and O–H groups in total. The number of benzene rings is 2. The van der Waals surface area contributed by atoms with Crippen LogP contribution in [0, 0.1) is 11.6 Å². The van der Waals surface area contributed by atoms with E-state index >= 15 is 0 Å². The average Bonchev–Trinajstić information content (AvgIpc) is 3.09. The molecular formula is C23H19F2N3. The van der Waals surface area contributed by atoms with Gasteiger partial charge in [-0.05, 0) is 66.6 Å². The Morgan fingerprint density at radius 3 is 2.57 bits per heavy atom. The van der Waals surface area contributed by atoms with E-state index in [4.69, 9.17) is 0 Å². The normalized spacial score (nSPS) is 14.0. The van der Waals surface area contributed by atoms with Crippen molar-refractivity contribution in [3.05, 3.63) is 101 Å². The lowest BCUT2D eigenvalue weighted by Gasteiger charge is -2.17. The Hall–Kier alpha value is -3.34. The summed E-state index contributed by atoms with van der Waals surface area (Å²) in [6.45, 7) is 2.51. The summed E-state index contributed by atoms with van der Waals surface area (Å²) in [6.07, 6.45) is 5.65. The van der Waals surface area contributed by atoms with E-state index in [9.17, 15) is 8.78 Å². The molecule has 0 saturated heterocycles. The number of fused-ring (bicyclic) bond motifs is 1. The molecule has 1 aliphatic rings. The molecule has 1 aliphatic heterocycles. The molecule has 0 bridgehead atoms. The molecule has 28 heavy (non-hydrogen) atoms. The zero-order chi connectivity index (χ0) is 19.5. The van der Waals surface area contributed by atoms with Crippen molar-refractivity contribution in [3.8, 4) is 0 Å². The van der Waals surface area contributed by atoms with Crippen molar-refractivity contribution >= 4 is 17.5 Å². The maximum absolute atomic E-state index is 13.5. The summed E-state index contributed by atoms with van der Waals surface area (Å²) in [4.78, 5) is 8.88. The van der Waals surface area contributed by atoms with Gasteiger partial charge in [0.1, 0.15) is 11.6 Å². The van der Waals surface area contributed by atoms with Crippen LogP contribution < -0.4 is 5.32 Å². The second-order valence-corrected chi connectivity index (χ2v) is 6.73. The van der Waals surface area contributed by atoms with Crippen LogP contribution in [0.25, 0.3) is 6.08 Å². The number of hydrogen-bond acceptors (Lipinski definition) is 3. The predicted octanol–water partition coefficient (Wildman–Crippen LogP) is 5.55. The van der Waals surface area contributed by atoms with Gasteiger partial charge in [-0.15, -0.1) is 0 Å². The van der Waals surface area contributed by atoms with E-state index in [2.05, 4.69) is 15.3 Å². The van der Waals surface area contributed by atoms with Crippen molar-refractivity contribution in [2.75, 3.05) is 5.32 Å². The van der Waals surface area contributed by atoms with Crippen LogP contribution in [0.3, 0.4) is 0 Å². The van der Waals surface area contributed by atoms with E-state index in [0.29, 0.717) is 12.1 Å². The van der Waals surface area contributed by atoms with Crippen molar-refractivity contribution < 1.29 is 8.78 Å². The van der Waals surface area contributed by atoms with E-state index in [1.807, 2.05) is 55.5 Å². The highest BCUT2D eigenvalue weighted by molar-refractivity contribution is 6.13. The third kappa shape index (κ3) is 3.98. The number of allylic oxidation sites excluding steroid dienone is 1. The third-order valence-electron chi connectivity index (χ3n) is 4.67. The number of aromatic nitrogens is 1. The molecule has 1 aromatic heterocycles. The van der Waals surface area contributed by atoms with Crippen LogP contribution in [0.5, 0.6) is 0 Å². The quantitative estimate of drug-likeness (QED) is 0.635. The molecule has 0 aliphatic carbocycles. The molecule has 0 saturated carbocycles. The number of halogens is 2. The van der Waals surface area contributed by atoms with E-state index in [1.54, 1.807) is 6.20 Å². The number of pyridine rings is 1. The number of hydrogen-bond donors (Lipinski definition) is 1. The van der Waals surface area contributed by atoms with Crippen molar-refractivity contribution in [3.63, 3.8) is 0 Å². The molecule has 3 nitrogen and oxygen atoms in total. The van der Waals surface area contributed by atoms with Gasteiger partial charge >= 0.3 is 0 Å². The molecule has 3 aromatic rings. The van der Waals surface area contributed by atoms with Gasteiger partial charge in [0.2, 0.25) is 0 Å². The van der Waals surface area contributed by atoms with Crippen molar-refractivity contribution in [1.29, 1.82) is 0 Å². The molecule has 0 spiro atoms. The van der Waals surface area contributed by atoms with Crippen LogP contribution in [0.2, 0.25) is 0 Å². The minimum atomic E-state index is -0.577. The molecule has 5 heteroatoms. The summed E-state index contributed by atoms with van der Waals surface area (Å²) in [7, 11) is 0. The van der Waals surface area contributed by atoms with Crippen LogP contribution in [-0.2, 0) is 6.54 Å². The summed E-state index contributed by atoms with van der Waals surface area (Å²) in [5.74, 6) is -1.15. The average molecular weight is 375 g/mol. The van der Waals surface area contributed by atoms with Crippen molar-refractivity contribution in [2.24, 2.45) is 4.99 Å². The summed E-state index contributed by atoms with van der Waals surface area (Å²) < 4.78 is 27.0. The number of nitrogens with one attached hydrogen (secondary N) is 1. The van der Waals surface area contributed by atoms with Crippen LogP contribution in [0.15, 0.2) is 71.9 Å². The van der Waals surface area contributed by atoms with Crippen LogP contribution in [0.4, 0.5) is 14.5 Å². The highest BCUT2D eigenvalue weighted by atomic mass is 19.1. The topological polar surface area (TPSA) is 37.3 Å². The first-order valence-electron chi connectivity index (χ1n) is 9.08.